The molecule has 0 radical (unpaired) electrons. The molecule has 1 rings (SSSR count). The first-order valence-electron chi connectivity index (χ1n) is 2.40. The lowest BCUT2D eigenvalue weighted by atomic mass is 10.3. The highest BCUT2D eigenvalue weighted by molar-refractivity contribution is 5.75. The summed E-state index contributed by atoms with van der Waals surface area (Å²) in [5.74, 6) is 0.627. The summed E-state index contributed by atoms with van der Waals surface area (Å²) in [6.45, 7) is 5.45. The third kappa shape index (κ3) is 0.665. The molecule has 1 heterocycles. The van der Waals surface area contributed by atoms with Gasteiger partial charge in [-0.25, -0.2) is 4.99 Å². The highest BCUT2D eigenvalue weighted by atomic mass is 16.5. The molecule has 0 spiro atoms. The molecule has 0 saturated carbocycles. The molecule has 44 valence electrons. The van der Waals surface area contributed by atoms with Gasteiger partial charge >= 0.3 is 0 Å². The van der Waals surface area contributed by atoms with Gasteiger partial charge < -0.3 is 10.5 Å². The van der Waals surface area contributed by atoms with E-state index < -0.39 is 0 Å². The van der Waals surface area contributed by atoms with Crippen LogP contribution >= 0.6 is 0 Å². The molecule has 0 bridgehead atoms. The second kappa shape index (κ2) is 1.51. The molecular weight excluding hydrogens is 104 g/mol. The zero-order chi connectivity index (χ0) is 6.15. The van der Waals surface area contributed by atoms with Gasteiger partial charge in [0.25, 0.3) is 6.02 Å². The molecule has 0 aromatic heterocycles. The van der Waals surface area contributed by atoms with Crippen LogP contribution in [0.5, 0.6) is 0 Å². The largest absolute Gasteiger partial charge is 0.429 e. The van der Waals surface area contributed by atoms with Crippen molar-refractivity contribution in [2.24, 2.45) is 10.7 Å². The lowest BCUT2D eigenvalue weighted by molar-refractivity contribution is 0.418. The van der Waals surface area contributed by atoms with Crippen molar-refractivity contribution in [2.75, 3.05) is 0 Å². The van der Waals surface area contributed by atoms with E-state index in [1.807, 2.05) is 6.92 Å². The number of nitrogens with two attached hydrogens (primary N) is 1. The zero-order valence-electron chi connectivity index (χ0n) is 4.72. The minimum atomic E-state index is 0.0370. The summed E-state index contributed by atoms with van der Waals surface area (Å²) in [6, 6.07) is 0.262. The van der Waals surface area contributed by atoms with E-state index >= 15 is 0 Å². The molecule has 0 amide bonds. The molecule has 3 nitrogen and oxygen atoms in total. The average molecular weight is 112 g/mol. The van der Waals surface area contributed by atoms with Crippen LogP contribution < -0.4 is 5.73 Å². The van der Waals surface area contributed by atoms with Crippen molar-refractivity contribution in [1.82, 2.24) is 0 Å². The van der Waals surface area contributed by atoms with Crippen molar-refractivity contribution in [1.29, 1.82) is 0 Å². The summed E-state index contributed by atoms with van der Waals surface area (Å²) in [6.07, 6.45) is 0. The molecule has 1 aliphatic heterocycles. The molecule has 1 aliphatic rings. The van der Waals surface area contributed by atoms with Crippen LogP contribution in [0.25, 0.3) is 0 Å². The second-order valence-electron chi connectivity index (χ2n) is 1.71. The van der Waals surface area contributed by atoms with E-state index in [0.29, 0.717) is 5.76 Å². The van der Waals surface area contributed by atoms with Gasteiger partial charge in [0.15, 0.2) is 0 Å². The minimum absolute atomic E-state index is 0.0370. The molecular formula is C5H8N2O. The Labute approximate surface area is 47.9 Å². The molecule has 3 heteroatoms. The number of aliphatic imine (C=N–C) groups is 1. The van der Waals surface area contributed by atoms with Crippen molar-refractivity contribution >= 4 is 6.02 Å². The quantitative estimate of drug-likeness (QED) is 0.487. The normalized spacial score (nSPS) is 27.4. The minimum Gasteiger partial charge on any atom is -0.429 e. The van der Waals surface area contributed by atoms with E-state index in [0.717, 1.165) is 0 Å². The van der Waals surface area contributed by atoms with E-state index in [2.05, 4.69) is 11.6 Å². The predicted molar refractivity (Wildman–Crippen MR) is 31.3 cm³/mol. The topological polar surface area (TPSA) is 47.6 Å². The van der Waals surface area contributed by atoms with Gasteiger partial charge in [-0.2, -0.15) is 0 Å². The second-order valence-corrected chi connectivity index (χ2v) is 1.71. The molecule has 0 saturated heterocycles. The summed E-state index contributed by atoms with van der Waals surface area (Å²) in [5, 5.41) is 0. The van der Waals surface area contributed by atoms with Gasteiger partial charge in [0, 0.05) is 0 Å². The molecule has 2 N–H and O–H groups in total. The maximum atomic E-state index is 5.18. The first-order valence-corrected chi connectivity index (χ1v) is 2.40. The summed E-state index contributed by atoms with van der Waals surface area (Å²) >= 11 is 0. The Morgan fingerprint density at radius 2 is 2.50 bits per heavy atom. The maximum Gasteiger partial charge on any atom is 0.287 e. The van der Waals surface area contributed by atoms with E-state index in [1.165, 1.54) is 0 Å². The van der Waals surface area contributed by atoms with Crippen LogP contribution in [0.1, 0.15) is 6.92 Å². The monoisotopic (exact) mass is 112 g/mol. The molecule has 1 atom stereocenters. The van der Waals surface area contributed by atoms with Crippen molar-refractivity contribution < 1.29 is 4.74 Å². The summed E-state index contributed by atoms with van der Waals surface area (Å²) in [7, 11) is 0. The van der Waals surface area contributed by atoms with Crippen LogP contribution in [0.4, 0.5) is 0 Å². The van der Waals surface area contributed by atoms with Crippen molar-refractivity contribution in [3.63, 3.8) is 0 Å². The fourth-order valence-electron chi connectivity index (χ4n) is 0.509. The molecule has 0 aromatic carbocycles. The number of amidine groups is 1. The number of ether oxygens (including phenoxy) is 1. The van der Waals surface area contributed by atoms with Gasteiger partial charge in [0.05, 0.1) is 0 Å². The first-order chi connectivity index (χ1) is 3.70. The van der Waals surface area contributed by atoms with Gasteiger partial charge in [-0.1, -0.05) is 6.58 Å². The summed E-state index contributed by atoms with van der Waals surface area (Å²) in [5.41, 5.74) is 5.18. The first kappa shape index (κ1) is 5.15. The molecule has 0 fully saturated rings. The number of nitrogens with zero attached hydrogens (tertiary/aromatic N) is 1. The standard InChI is InChI=1S/C5H8N2O/c1-3-4(2)8-5(6)7-3/h3H,2H2,1H3,(H2,6,7). The van der Waals surface area contributed by atoms with E-state index in [9.17, 15) is 0 Å². The van der Waals surface area contributed by atoms with E-state index in [4.69, 9.17) is 10.5 Å². The van der Waals surface area contributed by atoms with Gasteiger partial charge in [0.2, 0.25) is 0 Å². The van der Waals surface area contributed by atoms with Gasteiger partial charge in [0.1, 0.15) is 11.8 Å². The van der Waals surface area contributed by atoms with Crippen LogP contribution in [0.3, 0.4) is 0 Å². The third-order valence-electron chi connectivity index (χ3n) is 1.02. The maximum absolute atomic E-state index is 5.18. The number of hydrogen-bond donors (Lipinski definition) is 1. The lowest BCUT2D eigenvalue weighted by Crippen LogP contribution is -2.09. The molecule has 0 aromatic rings. The van der Waals surface area contributed by atoms with E-state index in [1.54, 1.807) is 0 Å². The Hall–Kier alpha value is -0.990. The Balaban J connectivity index is 2.69. The van der Waals surface area contributed by atoms with Crippen LogP contribution in [0.2, 0.25) is 0 Å². The fourth-order valence-corrected chi connectivity index (χ4v) is 0.509. The van der Waals surface area contributed by atoms with Gasteiger partial charge in [-0.05, 0) is 6.92 Å². The van der Waals surface area contributed by atoms with Crippen molar-refractivity contribution in [2.45, 2.75) is 13.0 Å². The predicted octanol–water partition coefficient (Wildman–Crippen LogP) is 0.234. The Morgan fingerprint density at radius 3 is 2.62 bits per heavy atom. The molecule has 0 aliphatic carbocycles. The Kier molecular flexibility index (Phi) is 0.970. The molecule has 1 unspecified atom stereocenters. The fraction of sp³-hybridized carbons (Fsp3) is 0.400. The summed E-state index contributed by atoms with van der Waals surface area (Å²) < 4.78 is 4.81. The lowest BCUT2D eigenvalue weighted by Gasteiger charge is -1.95. The van der Waals surface area contributed by atoms with Gasteiger partial charge in [-0.15, -0.1) is 0 Å². The number of rotatable bonds is 0. The average Bonchev–Trinajstić information content (AvgIpc) is 1.85. The Morgan fingerprint density at radius 1 is 1.88 bits per heavy atom. The number of hydrogen-bond acceptors (Lipinski definition) is 3. The van der Waals surface area contributed by atoms with Crippen LogP contribution in [0.15, 0.2) is 17.3 Å². The van der Waals surface area contributed by atoms with Crippen LogP contribution in [-0.2, 0) is 4.74 Å². The highest BCUT2D eigenvalue weighted by Gasteiger charge is 2.15. The van der Waals surface area contributed by atoms with Crippen molar-refractivity contribution in [3.05, 3.63) is 12.3 Å². The Bertz CT molecular complexity index is 151. The smallest absolute Gasteiger partial charge is 0.287 e. The third-order valence-corrected chi connectivity index (χ3v) is 1.02. The SMILES string of the molecule is C=C1OC(N)=NC1C. The van der Waals surface area contributed by atoms with E-state index in [-0.39, 0.29) is 12.1 Å². The summed E-state index contributed by atoms with van der Waals surface area (Å²) in [4.78, 5) is 3.84. The van der Waals surface area contributed by atoms with Crippen molar-refractivity contribution in [3.8, 4) is 0 Å². The zero-order valence-corrected chi connectivity index (χ0v) is 4.72. The van der Waals surface area contributed by atoms with Crippen LogP contribution in [0, 0.1) is 0 Å². The highest BCUT2D eigenvalue weighted by Crippen LogP contribution is 2.11. The van der Waals surface area contributed by atoms with Gasteiger partial charge in [-0.3, -0.25) is 0 Å². The van der Waals surface area contributed by atoms with Crippen LogP contribution in [-0.4, -0.2) is 12.1 Å². The molecule has 8 heavy (non-hydrogen) atoms.